The van der Waals surface area contributed by atoms with Crippen molar-refractivity contribution in [3.05, 3.63) is 24.3 Å². The Bertz CT molecular complexity index is 147. The Balaban J connectivity index is 3.03. The van der Waals surface area contributed by atoms with E-state index in [1.165, 1.54) is 7.42 Å². The second-order valence-corrected chi connectivity index (χ2v) is 6.31. The molecular formula is C6H6AsHg+. The maximum absolute atomic E-state index is 2.22. The summed E-state index contributed by atoms with van der Waals surface area (Å²) in [7, 11) is 0. The molecule has 0 heterocycles. The Hall–Kier alpha value is 0.714. The molecule has 1 unspecified atom stereocenters. The number of benzene rings is 1. The monoisotopic (exact) mass is 355 g/mol. The minimum atomic E-state index is 0.809. The van der Waals surface area contributed by atoms with E-state index in [0.29, 0.717) is 0 Å². The number of rotatable bonds is 0. The van der Waals surface area contributed by atoms with Gasteiger partial charge in [0, 0.05) is 0 Å². The van der Waals surface area contributed by atoms with Crippen LogP contribution >= 0.6 is 0 Å². The zero-order valence-electron chi connectivity index (χ0n) is 4.59. The van der Waals surface area contributed by atoms with Gasteiger partial charge in [-0.3, -0.25) is 0 Å². The molecule has 1 aromatic rings. The second kappa shape index (κ2) is 3.03. The molecule has 0 N–H and O–H groups in total. The molecule has 8 heavy (non-hydrogen) atoms. The Labute approximate surface area is 74.1 Å². The topological polar surface area (TPSA) is 0 Å². The van der Waals surface area contributed by atoms with Crippen molar-refractivity contribution in [2.24, 2.45) is 0 Å². The predicted molar refractivity (Wildman–Crippen MR) is 34.3 cm³/mol. The van der Waals surface area contributed by atoms with E-state index >= 15 is 0 Å². The van der Waals surface area contributed by atoms with Gasteiger partial charge in [0.2, 0.25) is 0 Å². The van der Waals surface area contributed by atoms with E-state index in [0.717, 1.165) is 26.1 Å². The maximum atomic E-state index is 2.22. The van der Waals surface area contributed by atoms with Gasteiger partial charge in [-0.05, 0) is 0 Å². The van der Waals surface area contributed by atoms with Gasteiger partial charge in [0.25, 0.3) is 0 Å². The van der Waals surface area contributed by atoms with Crippen molar-refractivity contribution >= 4 is 24.3 Å². The molecule has 1 atom stereocenters. The average Bonchev–Trinajstić information content (AvgIpc) is 1.77. The second-order valence-electron chi connectivity index (χ2n) is 1.74. The Morgan fingerprint density at radius 2 is 1.62 bits per heavy atom. The summed E-state index contributed by atoms with van der Waals surface area (Å²) in [4.78, 5) is 0. The van der Waals surface area contributed by atoms with Crippen LogP contribution in [-0.2, 0) is 26.1 Å². The van der Waals surface area contributed by atoms with Gasteiger partial charge < -0.3 is 0 Å². The molecular weight excluding hydrogens is 348 g/mol. The van der Waals surface area contributed by atoms with Crippen LogP contribution in [0.4, 0.5) is 0 Å². The van der Waals surface area contributed by atoms with Crippen molar-refractivity contribution in [3.8, 4) is 0 Å². The third-order valence-electron chi connectivity index (χ3n) is 0.980. The van der Waals surface area contributed by atoms with Crippen molar-refractivity contribution in [3.63, 3.8) is 0 Å². The summed E-state index contributed by atoms with van der Waals surface area (Å²) in [5, 5.41) is 0. The van der Waals surface area contributed by atoms with Crippen LogP contribution < -0.4 is 7.42 Å². The van der Waals surface area contributed by atoms with Crippen molar-refractivity contribution < 1.29 is 26.1 Å². The molecule has 0 saturated heterocycles. The van der Waals surface area contributed by atoms with Gasteiger partial charge in [-0.15, -0.1) is 0 Å². The van der Waals surface area contributed by atoms with Gasteiger partial charge in [-0.1, -0.05) is 0 Å². The molecule has 0 bridgehead atoms. The summed E-state index contributed by atoms with van der Waals surface area (Å²) in [6.07, 6.45) is 0. The van der Waals surface area contributed by atoms with E-state index in [-0.39, 0.29) is 0 Å². The minimum absolute atomic E-state index is 0.809. The summed E-state index contributed by atoms with van der Waals surface area (Å²) in [5.41, 5.74) is 0. The molecule has 0 nitrogen and oxygen atoms in total. The Morgan fingerprint density at radius 1 is 1.12 bits per heavy atom. The van der Waals surface area contributed by atoms with E-state index in [4.69, 9.17) is 0 Å². The molecule has 2 heteroatoms. The van der Waals surface area contributed by atoms with Gasteiger partial charge in [0.05, 0.1) is 0 Å². The fraction of sp³-hybridized carbons (Fsp3) is 0. The summed E-state index contributed by atoms with van der Waals surface area (Å²) < 4.78 is 2.96. The summed E-state index contributed by atoms with van der Waals surface area (Å²) in [6.45, 7) is 0. The number of hydrogen-bond donors (Lipinski definition) is 0. The molecule has 0 aliphatic rings. The van der Waals surface area contributed by atoms with Crippen LogP contribution in [0.15, 0.2) is 24.3 Å². The molecule has 0 radical (unpaired) electrons. The molecule has 0 aromatic heterocycles. The van der Waals surface area contributed by atoms with Gasteiger partial charge in [-0.25, -0.2) is 0 Å². The molecule has 1 aromatic carbocycles. The summed E-state index contributed by atoms with van der Waals surface area (Å²) in [6, 6.07) is 8.84. The molecule has 0 fully saturated rings. The van der Waals surface area contributed by atoms with Crippen LogP contribution in [0, 0.1) is 0 Å². The molecule has 0 aliphatic heterocycles. The van der Waals surface area contributed by atoms with E-state index in [9.17, 15) is 0 Å². The first-order valence-corrected chi connectivity index (χ1v) is 6.42. The first-order valence-electron chi connectivity index (χ1n) is 2.46. The van der Waals surface area contributed by atoms with E-state index in [1.54, 1.807) is 16.9 Å². The van der Waals surface area contributed by atoms with Crippen molar-refractivity contribution in [1.29, 1.82) is 0 Å². The van der Waals surface area contributed by atoms with Gasteiger partial charge >= 0.3 is 74.7 Å². The number of hydrogen-bond acceptors (Lipinski definition) is 0. The van der Waals surface area contributed by atoms with E-state index in [2.05, 4.69) is 24.3 Å². The third kappa shape index (κ3) is 1.91. The molecule has 0 aliphatic carbocycles. The van der Waals surface area contributed by atoms with Crippen LogP contribution in [0.25, 0.3) is 0 Å². The first kappa shape index (κ1) is 6.83. The van der Waals surface area contributed by atoms with Crippen LogP contribution in [0.1, 0.15) is 0 Å². The zero-order chi connectivity index (χ0) is 5.98. The third-order valence-corrected chi connectivity index (χ3v) is 3.62. The molecule has 36 valence electrons. The molecule has 1 rings (SSSR count). The Morgan fingerprint density at radius 3 is 2.00 bits per heavy atom. The van der Waals surface area contributed by atoms with Crippen LogP contribution in [0.5, 0.6) is 0 Å². The summed E-state index contributed by atoms with van der Waals surface area (Å²) in [5.74, 6) is 0. The van der Waals surface area contributed by atoms with Crippen LogP contribution in [0.2, 0.25) is 0 Å². The van der Waals surface area contributed by atoms with Crippen molar-refractivity contribution in [2.75, 3.05) is 0 Å². The summed E-state index contributed by atoms with van der Waals surface area (Å²) >= 11 is 2.51. The van der Waals surface area contributed by atoms with Crippen LogP contribution in [0.3, 0.4) is 0 Å². The fourth-order valence-corrected chi connectivity index (χ4v) is 1.84. The first-order chi connectivity index (χ1) is 3.79. The van der Waals surface area contributed by atoms with E-state index in [1.807, 2.05) is 0 Å². The molecule has 0 spiro atoms. The van der Waals surface area contributed by atoms with E-state index < -0.39 is 0 Å². The van der Waals surface area contributed by atoms with Gasteiger partial charge in [-0.2, -0.15) is 0 Å². The quantitative estimate of drug-likeness (QED) is 0.531. The van der Waals surface area contributed by atoms with Gasteiger partial charge in [0.1, 0.15) is 0 Å². The standard InChI is InChI=1S/C6H6As.Hg/c7-6-4-2-1-3-5-6;/h2-5H,7H2;/q;+1. The SMILES string of the molecule is [AsH2]c1cc[c]([Hg+])cc1. The molecule has 0 saturated carbocycles. The fourth-order valence-electron chi connectivity index (χ4n) is 0.518. The van der Waals surface area contributed by atoms with Crippen LogP contribution in [-0.4, -0.2) is 16.9 Å². The zero-order valence-corrected chi connectivity index (χ0v) is 12.5. The van der Waals surface area contributed by atoms with Crippen molar-refractivity contribution in [1.82, 2.24) is 0 Å². The normalized spacial score (nSPS) is 9.38. The predicted octanol–water partition coefficient (Wildman–Crippen LogP) is -0.883. The Kier molecular flexibility index (Phi) is 2.59. The van der Waals surface area contributed by atoms with Crippen molar-refractivity contribution in [2.45, 2.75) is 0 Å². The molecule has 0 amide bonds. The van der Waals surface area contributed by atoms with Gasteiger partial charge in [0.15, 0.2) is 0 Å². The average molecular weight is 354 g/mol.